The third-order valence-corrected chi connectivity index (χ3v) is 4.53. The van der Waals surface area contributed by atoms with Crippen molar-refractivity contribution >= 4 is 11.5 Å². The Bertz CT molecular complexity index is 913. The number of nitrogens with zero attached hydrogens (tertiary/aromatic N) is 3. The predicted octanol–water partition coefficient (Wildman–Crippen LogP) is 2.40. The van der Waals surface area contributed by atoms with Crippen LogP contribution in [-0.4, -0.2) is 33.7 Å². The fourth-order valence-corrected chi connectivity index (χ4v) is 2.98. The third-order valence-electron chi connectivity index (χ3n) is 4.53. The molecule has 1 atom stereocenters. The molecule has 1 aliphatic heterocycles. The summed E-state index contributed by atoms with van der Waals surface area (Å²) < 4.78 is 1.81. The molecule has 0 fully saturated rings. The van der Waals surface area contributed by atoms with E-state index in [0.717, 1.165) is 47.9 Å². The SMILES string of the molecule is C=C1NCCNc2ccn3ncc(c3n2)-c2cccc(c2)CN[C@@H]1C. The Morgan fingerprint density at radius 1 is 1.20 bits per heavy atom. The van der Waals surface area contributed by atoms with E-state index in [-0.39, 0.29) is 6.04 Å². The van der Waals surface area contributed by atoms with Gasteiger partial charge < -0.3 is 16.0 Å². The molecule has 4 rings (SSSR count). The van der Waals surface area contributed by atoms with Crippen LogP contribution in [-0.2, 0) is 6.54 Å². The summed E-state index contributed by atoms with van der Waals surface area (Å²) in [4.78, 5) is 4.74. The van der Waals surface area contributed by atoms with Crippen LogP contribution in [0.25, 0.3) is 16.8 Å². The van der Waals surface area contributed by atoms with Gasteiger partial charge in [0.05, 0.1) is 6.20 Å². The predicted molar refractivity (Wildman–Crippen MR) is 100 cm³/mol. The van der Waals surface area contributed by atoms with Crippen molar-refractivity contribution in [3.8, 4) is 11.1 Å². The summed E-state index contributed by atoms with van der Waals surface area (Å²) in [6.45, 7) is 8.59. The molecule has 6 heteroatoms. The summed E-state index contributed by atoms with van der Waals surface area (Å²) in [5.41, 5.74) is 5.23. The molecule has 3 N–H and O–H groups in total. The van der Waals surface area contributed by atoms with Crippen molar-refractivity contribution in [2.24, 2.45) is 0 Å². The van der Waals surface area contributed by atoms with Gasteiger partial charge in [-0.1, -0.05) is 24.8 Å². The fourth-order valence-electron chi connectivity index (χ4n) is 2.98. The zero-order valence-corrected chi connectivity index (χ0v) is 14.3. The molecule has 4 bridgehead atoms. The Labute approximate surface area is 147 Å². The average Bonchev–Trinajstić information content (AvgIpc) is 3.06. The van der Waals surface area contributed by atoms with Gasteiger partial charge in [0.2, 0.25) is 0 Å². The monoisotopic (exact) mass is 334 g/mol. The standard InChI is InChI=1S/C19H22N6/c1-13-14(2)22-11-15-4-3-5-16(10-15)17-12-23-25-9-6-18(24-19(17)25)21-8-7-20-13/h3-6,9-10,12,14,20,22H,1,7-8,11H2,2H3,(H,21,24)/t14-/m1/s1. The van der Waals surface area contributed by atoms with E-state index in [2.05, 4.69) is 58.8 Å². The van der Waals surface area contributed by atoms with E-state index < -0.39 is 0 Å². The molecule has 3 aromatic rings. The number of aromatic nitrogens is 3. The highest BCUT2D eigenvalue weighted by atomic mass is 15.2. The highest BCUT2D eigenvalue weighted by Gasteiger charge is 2.11. The summed E-state index contributed by atoms with van der Waals surface area (Å²) in [7, 11) is 0. The minimum Gasteiger partial charge on any atom is -0.386 e. The molecule has 0 saturated carbocycles. The third kappa shape index (κ3) is 3.21. The van der Waals surface area contributed by atoms with Crippen LogP contribution >= 0.6 is 0 Å². The second kappa shape index (κ2) is 6.57. The molecule has 1 aromatic carbocycles. The number of benzene rings is 1. The Balaban J connectivity index is 1.77. The van der Waals surface area contributed by atoms with E-state index in [0.29, 0.717) is 0 Å². The lowest BCUT2D eigenvalue weighted by Gasteiger charge is -2.18. The molecule has 0 radical (unpaired) electrons. The van der Waals surface area contributed by atoms with Crippen molar-refractivity contribution in [1.29, 1.82) is 0 Å². The van der Waals surface area contributed by atoms with E-state index in [1.54, 1.807) is 0 Å². The first-order valence-electron chi connectivity index (χ1n) is 8.54. The lowest BCUT2D eigenvalue weighted by molar-refractivity contribution is 0.572. The van der Waals surface area contributed by atoms with Crippen molar-refractivity contribution in [2.75, 3.05) is 18.4 Å². The fraction of sp³-hybridized carbons (Fsp3) is 0.263. The number of nitrogens with one attached hydrogen (secondary N) is 3. The van der Waals surface area contributed by atoms with Crippen LogP contribution < -0.4 is 16.0 Å². The van der Waals surface area contributed by atoms with Crippen LogP contribution in [0.2, 0.25) is 0 Å². The maximum absolute atomic E-state index is 4.74. The van der Waals surface area contributed by atoms with Gasteiger partial charge in [-0.25, -0.2) is 9.50 Å². The Kier molecular flexibility index (Phi) is 4.11. The first-order valence-corrected chi connectivity index (χ1v) is 8.54. The smallest absolute Gasteiger partial charge is 0.165 e. The topological polar surface area (TPSA) is 66.3 Å². The quantitative estimate of drug-likeness (QED) is 0.589. The van der Waals surface area contributed by atoms with Gasteiger partial charge in [0.25, 0.3) is 0 Å². The van der Waals surface area contributed by atoms with Gasteiger partial charge in [-0.2, -0.15) is 5.10 Å². The Morgan fingerprint density at radius 3 is 3.00 bits per heavy atom. The number of anilines is 1. The molecule has 0 spiro atoms. The molecule has 0 aliphatic carbocycles. The van der Waals surface area contributed by atoms with Crippen molar-refractivity contribution < 1.29 is 0 Å². The molecule has 1 aliphatic rings. The number of rotatable bonds is 0. The summed E-state index contributed by atoms with van der Waals surface area (Å²) in [5, 5.41) is 14.7. The zero-order chi connectivity index (χ0) is 17.2. The van der Waals surface area contributed by atoms with E-state index >= 15 is 0 Å². The van der Waals surface area contributed by atoms with E-state index in [1.165, 1.54) is 5.56 Å². The summed E-state index contributed by atoms with van der Waals surface area (Å²) >= 11 is 0. The molecule has 6 nitrogen and oxygen atoms in total. The lowest BCUT2D eigenvalue weighted by atomic mass is 10.1. The summed E-state index contributed by atoms with van der Waals surface area (Å²) in [5.74, 6) is 0.846. The Hall–Kier alpha value is -2.86. The van der Waals surface area contributed by atoms with Crippen molar-refractivity contribution in [1.82, 2.24) is 25.2 Å². The minimum atomic E-state index is 0.191. The molecule has 0 unspecified atom stereocenters. The summed E-state index contributed by atoms with van der Waals surface area (Å²) in [6.07, 6.45) is 3.81. The highest BCUT2D eigenvalue weighted by Crippen LogP contribution is 2.25. The zero-order valence-electron chi connectivity index (χ0n) is 14.3. The maximum atomic E-state index is 4.74. The molecule has 128 valence electrons. The van der Waals surface area contributed by atoms with Crippen molar-refractivity contribution in [3.05, 3.63) is 60.6 Å². The normalized spacial score (nSPS) is 18.3. The van der Waals surface area contributed by atoms with Gasteiger partial charge in [-0.15, -0.1) is 0 Å². The van der Waals surface area contributed by atoms with Gasteiger partial charge in [0, 0.05) is 43.1 Å². The van der Waals surface area contributed by atoms with Crippen molar-refractivity contribution in [3.63, 3.8) is 0 Å². The minimum absolute atomic E-state index is 0.191. The van der Waals surface area contributed by atoms with Crippen LogP contribution in [0.3, 0.4) is 0 Å². The molecule has 0 amide bonds. The molecule has 0 saturated heterocycles. The van der Waals surface area contributed by atoms with Gasteiger partial charge >= 0.3 is 0 Å². The van der Waals surface area contributed by atoms with E-state index in [1.807, 2.05) is 23.0 Å². The van der Waals surface area contributed by atoms with Crippen LogP contribution in [0, 0.1) is 0 Å². The number of hydrogen-bond donors (Lipinski definition) is 3. The van der Waals surface area contributed by atoms with Crippen molar-refractivity contribution in [2.45, 2.75) is 19.5 Å². The Morgan fingerprint density at radius 2 is 2.08 bits per heavy atom. The molecule has 2 aromatic heterocycles. The first-order chi connectivity index (χ1) is 12.2. The van der Waals surface area contributed by atoms with Crippen LogP contribution in [0.1, 0.15) is 12.5 Å². The second-order valence-electron chi connectivity index (χ2n) is 6.32. The second-order valence-corrected chi connectivity index (χ2v) is 6.32. The summed E-state index contributed by atoms with van der Waals surface area (Å²) in [6, 6.07) is 10.6. The number of hydrogen-bond acceptors (Lipinski definition) is 5. The molecular formula is C19H22N6. The molecular weight excluding hydrogens is 312 g/mol. The van der Waals surface area contributed by atoms with E-state index in [9.17, 15) is 0 Å². The van der Waals surface area contributed by atoms with E-state index in [4.69, 9.17) is 4.98 Å². The van der Waals surface area contributed by atoms with Gasteiger partial charge in [-0.05, 0) is 30.2 Å². The van der Waals surface area contributed by atoms with Crippen LogP contribution in [0.5, 0.6) is 0 Å². The highest BCUT2D eigenvalue weighted by molar-refractivity contribution is 5.78. The van der Waals surface area contributed by atoms with Gasteiger partial charge in [0.1, 0.15) is 5.82 Å². The molecule has 3 heterocycles. The largest absolute Gasteiger partial charge is 0.386 e. The lowest BCUT2D eigenvalue weighted by Crippen LogP contribution is -2.35. The average molecular weight is 334 g/mol. The first kappa shape index (κ1) is 15.7. The van der Waals surface area contributed by atoms with Crippen LogP contribution in [0.4, 0.5) is 5.82 Å². The number of fused-ring (bicyclic) bond motifs is 4. The molecule has 25 heavy (non-hydrogen) atoms. The maximum Gasteiger partial charge on any atom is 0.165 e. The van der Waals surface area contributed by atoms with Gasteiger partial charge in [-0.3, -0.25) is 0 Å². The van der Waals surface area contributed by atoms with Crippen LogP contribution in [0.15, 0.2) is 55.0 Å². The van der Waals surface area contributed by atoms with Gasteiger partial charge in [0.15, 0.2) is 5.65 Å².